The summed E-state index contributed by atoms with van der Waals surface area (Å²) in [7, 11) is 0. The molecule has 0 atom stereocenters. The Hall–Kier alpha value is -4.12. The number of ether oxygens (including phenoxy) is 1. The molecule has 9 rings (SSSR count). The number of aromatic nitrogens is 1. The summed E-state index contributed by atoms with van der Waals surface area (Å²) in [6.07, 6.45) is 10.0. The minimum absolute atomic E-state index is 0.382. The van der Waals surface area contributed by atoms with Crippen LogP contribution in [0.4, 0.5) is 0 Å². The third kappa shape index (κ3) is 5.57. The molecule has 0 bridgehead atoms. The highest BCUT2D eigenvalue weighted by atomic mass is 79.9. The Balaban J connectivity index is 0.812. The van der Waals surface area contributed by atoms with Crippen molar-refractivity contribution in [1.82, 2.24) is 4.57 Å². The normalized spacial score (nSPS) is 13.5. The molecule has 254 valence electrons. The van der Waals surface area contributed by atoms with Crippen molar-refractivity contribution in [3.63, 3.8) is 0 Å². The Kier molecular flexibility index (Phi) is 8.86. The maximum atomic E-state index is 6.49. The van der Waals surface area contributed by atoms with Crippen molar-refractivity contribution in [1.29, 1.82) is 0 Å². The van der Waals surface area contributed by atoms with Crippen LogP contribution in [0.3, 0.4) is 0 Å². The third-order valence-electron chi connectivity index (χ3n) is 11.3. The lowest BCUT2D eigenvalue weighted by atomic mass is 9.70. The number of fused-ring (bicyclic) bond motifs is 13. The molecular formula is C47H41Br2NO. The highest BCUT2D eigenvalue weighted by molar-refractivity contribution is 9.10. The van der Waals surface area contributed by atoms with Crippen LogP contribution in [0, 0.1) is 0 Å². The summed E-state index contributed by atoms with van der Waals surface area (Å²) in [5.41, 5.74) is 12.9. The van der Waals surface area contributed by atoms with Crippen LogP contribution in [0.5, 0.6) is 5.75 Å². The van der Waals surface area contributed by atoms with Crippen LogP contribution >= 0.6 is 31.9 Å². The van der Waals surface area contributed by atoms with Crippen molar-refractivity contribution in [3.05, 3.63) is 159 Å². The van der Waals surface area contributed by atoms with Gasteiger partial charge in [-0.1, -0.05) is 149 Å². The van der Waals surface area contributed by atoms with Gasteiger partial charge in [-0.2, -0.15) is 0 Å². The van der Waals surface area contributed by atoms with Gasteiger partial charge in [-0.25, -0.2) is 0 Å². The molecule has 2 nitrogen and oxygen atoms in total. The van der Waals surface area contributed by atoms with E-state index < -0.39 is 0 Å². The second kappa shape index (κ2) is 13.8. The zero-order chi connectivity index (χ0) is 34.4. The van der Waals surface area contributed by atoms with Crippen LogP contribution in [0.15, 0.2) is 136 Å². The quantitative estimate of drug-likeness (QED) is 0.112. The second-order valence-electron chi connectivity index (χ2n) is 14.2. The summed E-state index contributed by atoms with van der Waals surface area (Å²) >= 11 is 7.62. The van der Waals surface area contributed by atoms with Gasteiger partial charge in [-0.15, -0.1) is 0 Å². The maximum absolute atomic E-state index is 6.49. The van der Waals surface area contributed by atoms with Crippen molar-refractivity contribution in [2.45, 2.75) is 63.3 Å². The van der Waals surface area contributed by atoms with Gasteiger partial charge in [0.2, 0.25) is 0 Å². The maximum Gasteiger partial charge on any atom is 0.119 e. The average molecular weight is 796 g/mol. The fraction of sp³-hybridized carbons (Fsp3) is 0.234. The first kappa shape index (κ1) is 32.8. The van der Waals surface area contributed by atoms with E-state index in [1.165, 1.54) is 111 Å². The molecule has 0 unspecified atom stereocenters. The predicted molar refractivity (Wildman–Crippen MR) is 220 cm³/mol. The standard InChI is InChI=1S/C47H41Br2NO/c48-32-21-24-36-37-25-22-33(49)30-43(37)47(42(36)29-32)41-18-10-7-15-35(41)38-26-23-34(31-44(38)47)51-28-14-6-4-2-1-3-5-13-27-50-45-19-11-8-16-39(45)40-17-9-12-20-46(40)50/h7-12,15-26,29-31H,1-6,13-14,27-28H2. The van der Waals surface area contributed by atoms with Crippen LogP contribution in [-0.2, 0) is 12.0 Å². The van der Waals surface area contributed by atoms with Crippen molar-refractivity contribution < 1.29 is 4.74 Å². The Morgan fingerprint density at radius 1 is 0.451 bits per heavy atom. The predicted octanol–water partition coefficient (Wildman–Crippen LogP) is 13.9. The van der Waals surface area contributed by atoms with Crippen LogP contribution in [-0.4, -0.2) is 11.2 Å². The molecule has 0 aliphatic heterocycles. The molecule has 7 aromatic rings. The van der Waals surface area contributed by atoms with Crippen LogP contribution in [0.2, 0.25) is 0 Å². The van der Waals surface area contributed by atoms with E-state index in [1.54, 1.807) is 0 Å². The molecular weight excluding hydrogens is 754 g/mol. The lowest BCUT2D eigenvalue weighted by Crippen LogP contribution is -2.26. The Morgan fingerprint density at radius 3 is 1.59 bits per heavy atom. The number of benzene rings is 6. The molecule has 0 radical (unpaired) electrons. The number of para-hydroxylation sites is 2. The van der Waals surface area contributed by atoms with Crippen LogP contribution < -0.4 is 4.74 Å². The molecule has 1 aromatic heterocycles. The van der Waals surface area contributed by atoms with Crippen molar-refractivity contribution in [3.8, 4) is 28.0 Å². The van der Waals surface area contributed by atoms with Gasteiger partial charge >= 0.3 is 0 Å². The highest BCUT2D eigenvalue weighted by Crippen LogP contribution is 2.63. The zero-order valence-corrected chi connectivity index (χ0v) is 32.0. The number of hydrogen-bond acceptors (Lipinski definition) is 1. The lowest BCUT2D eigenvalue weighted by molar-refractivity contribution is 0.304. The van der Waals surface area contributed by atoms with Crippen LogP contribution in [0.25, 0.3) is 44.1 Å². The fourth-order valence-electron chi connectivity index (χ4n) is 9.06. The molecule has 2 aliphatic carbocycles. The molecule has 0 saturated carbocycles. The number of aryl methyl sites for hydroxylation is 1. The van der Waals surface area contributed by atoms with Crippen molar-refractivity contribution >= 4 is 53.7 Å². The first-order chi connectivity index (χ1) is 25.1. The molecule has 6 aromatic carbocycles. The lowest BCUT2D eigenvalue weighted by Gasteiger charge is -2.31. The molecule has 1 heterocycles. The van der Waals surface area contributed by atoms with Gasteiger partial charge in [0.1, 0.15) is 5.75 Å². The molecule has 0 fully saturated rings. The van der Waals surface area contributed by atoms with Gasteiger partial charge in [0.05, 0.1) is 12.0 Å². The fourth-order valence-corrected chi connectivity index (χ4v) is 9.79. The zero-order valence-electron chi connectivity index (χ0n) is 28.8. The SMILES string of the molecule is Brc1ccc2c(c1)C1(c3ccccc3-c3ccc(OCCCCCCCCCCn4c5ccccc5c5ccccc54)cc31)c1cc(Br)ccc1-2. The van der Waals surface area contributed by atoms with Gasteiger partial charge < -0.3 is 9.30 Å². The molecule has 51 heavy (non-hydrogen) atoms. The molecule has 0 amide bonds. The van der Waals surface area contributed by atoms with E-state index >= 15 is 0 Å². The monoisotopic (exact) mass is 793 g/mol. The van der Waals surface area contributed by atoms with Gasteiger partial charge in [0.15, 0.2) is 0 Å². The van der Waals surface area contributed by atoms with E-state index in [-0.39, 0.29) is 5.41 Å². The molecule has 2 aliphatic rings. The minimum atomic E-state index is -0.382. The van der Waals surface area contributed by atoms with Gasteiger partial charge in [-0.3, -0.25) is 0 Å². The topological polar surface area (TPSA) is 14.2 Å². The first-order valence-electron chi connectivity index (χ1n) is 18.6. The highest BCUT2D eigenvalue weighted by Gasteiger charge is 2.52. The second-order valence-corrected chi connectivity index (χ2v) is 16.1. The number of nitrogens with zero attached hydrogens (tertiary/aromatic N) is 1. The Bertz CT molecular complexity index is 2300. The summed E-state index contributed by atoms with van der Waals surface area (Å²) < 4.78 is 11.2. The van der Waals surface area contributed by atoms with E-state index in [0.29, 0.717) is 0 Å². The van der Waals surface area contributed by atoms with E-state index in [2.05, 4.69) is 164 Å². The van der Waals surface area contributed by atoms with E-state index in [1.807, 2.05) is 0 Å². The summed E-state index contributed by atoms with van der Waals surface area (Å²) in [5, 5.41) is 2.74. The van der Waals surface area contributed by atoms with Gasteiger partial charge in [0.25, 0.3) is 0 Å². The summed E-state index contributed by atoms with van der Waals surface area (Å²) in [5.74, 6) is 0.962. The molecule has 1 spiro atoms. The number of hydrogen-bond donors (Lipinski definition) is 0. The smallest absolute Gasteiger partial charge is 0.119 e. The number of halogens is 2. The number of rotatable bonds is 12. The third-order valence-corrected chi connectivity index (χ3v) is 12.3. The number of unbranched alkanes of at least 4 members (excludes halogenated alkanes) is 7. The van der Waals surface area contributed by atoms with E-state index in [9.17, 15) is 0 Å². The largest absolute Gasteiger partial charge is 0.494 e. The summed E-state index contributed by atoms with van der Waals surface area (Å²) in [6.45, 7) is 1.84. The van der Waals surface area contributed by atoms with E-state index in [0.717, 1.165) is 34.3 Å². The molecule has 0 N–H and O–H groups in total. The Morgan fingerprint density at radius 2 is 0.941 bits per heavy atom. The van der Waals surface area contributed by atoms with Crippen molar-refractivity contribution in [2.75, 3.05) is 6.61 Å². The first-order valence-corrected chi connectivity index (χ1v) is 20.2. The summed E-state index contributed by atoms with van der Waals surface area (Å²) in [4.78, 5) is 0. The molecule has 0 saturated heterocycles. The van der Waals surface area contributed by atoms with E-state index in [4.69, 9.17) is 4.74 Å². The van der Waals surface area contributed by atoms with Gasteiger partial charge in [0, 0.05) is 37.3 Å². The Labute approximate surface area is 317 Å². The minimum Gasteiger partial charge on any atom is -0.494 e. The average Bonchev–Trinajstić information content (AvgIpc) is 3.74. The summed E-state index contributed by atoms with van der Waals surface area (Å²) in [6, 6.07) is 47.0. The van der Waals surface area contributed by atoms with Crippen LogP contribution in [0.1, 0.15) is 73.6 Å². The molecule has 4 heteroatoms. The van der Waals surface area contributed by atoms with Gasteiger partial charge in [-0.05, 0) is 106 Å². The van der Waals surface area contributed by atoms with Crippen molar-refractivity contribution in [2.24, 2.45) is 0 Å².